The zero-order valence-corrected chi connectivity index (χ0v) is 15.7. The van der Waals surface area contributed by atoms with Gasteiger partial charge in [-0.1, -0.05) is 42.5 Å². The third kappa shape index (κ3) is 4.63. The van der Waals surface area contributed by atoms with Gasteiger partial charge in [-0.3, -0.25) is 9.89 Å². The molecule has 0 radical (unpaired) electrons. The molecule has 9 heteroatoms. The van der Waals surface area contributed by atoms with Crippen molar-refractivity contribution in [3.05, 3.63) is 66.4 Å². The molecule has 2 aromatic carbocycles. The number of nitrogens with zero attached hydrogens (tertiary/aromatic N) is 1. The van der Waals surface area contributed by atoms with Gasteiger partial charge < -0.3 is 10.1 Å². The molecule has 1 aromatic heterocycles. The molecule has 0 saturated carbocycles. The number of carbonyl (C=O) groups excluding carboxylic acids is 2. The van der Waals surface area contributed by atoms with Crippen LogP contribution in [0.25, 0.3) is 11.3 Å². The molecule has 0 aliphatic carbocycles. The van der Waals surface area contributed by atoms with Gasteiger partial charge in [-0.15, -0.1) is 0 Å². The Hall–Kier alpha value is -3.46. The first-order valence-corrected chi connectivity index (χ1v) is 10.1. The lowest BCUT2D eigenvalue weighted by Gasteiger charge is -2.09. The molecule has 1 heterocycles. The topological polar surface area (TPSA) is 118 Å². The summed E-state index contributed by atoms with van der Waals surface area (Å²) in [4.78, 5) is 24.1. The van der Waals surface area contributed by atoms with Gasteiger partial charge in [0.15, 0.2) is 16.4 Å². The van der Waals surface area contributed by atoms with Crippen LogP contribution < -0.4 is 5.32 Å². The van der Waals surface area contributed by atoms with E-state index in [-0.39, 0.29) is 16.3 Å². The quantitative estimate of drug-likeness (QED) is 0.614. The SMILES string of the molecule is CS(=O)(=O)c1ccccc1NC(=O)COC(=O)c1cc(-c2ccccc2)n[nH]1. The summed E-state index contributed by atoms with van der Waals surface area (Å²) in [5.74, 6) is -1.41. The van der Waals surface area contributed by atoms with Crippen LogP contribution in [0.15, 0.2) is 65.6 Å². The Morgan fingerprint density at radius 2 is 1.75 bits per heavy atom. The van der Waals surface area contributed by atoms with E-state index in [1.54, 1.807) is 12.1 Å². The molecule has 0 spiro atoms. The number of aromatic nitrogens is 2. The number of aromatic amines is 1. The Morgan fingerprint density at radius 1 is 1.07 bits per heavy atom. The zero-order chi connectivity index (χ0) is 20.1. The van der Waals surface area contributed by atoms with Crippen LogP contribution in [-0.4, -0.2) is 43.4 Å². The maximum absolute atomic E-state index is 12.1. The predicted molar refractivity (Wildman–Crippen MR) is 102 cm³/mol. The Bertz CT molecular complexity index is 1110. The van der Waals surface area contributed by atoms with Crippen LogP contribution in [0.3, 0.4) is 0 Å². The molecular weight excluding hydrogens is 382 g/mol. The first kappa shape index (κ1) is 19.3. The van der Waals surface area contributed by atoms with E-state index in [4.69, 9.17) is 4.74 Å². The summed E-state index contributed by atoms with van der Waals surface area (Å²) in [6.07, 6.45) is 1.04. The molecule has 8 nitrogen and oxygen atoms in total. The van der Waals surface area contributed by atoms with Crippen molar-refractivity contribution in [2.24, 2.45) is 0 Å². The normalized spacial score (nSPS) is 11.0. The van der Waals surface area contributed by atoms with Crippen molar-refractivity contribution < 1.29 is 22.7 Å². The molecule has 0 aliphatic heterocycles. The van der Waals surface area contributed by atoms with Gasteiger partial charge in [0, 0.05) is 11.8 Å². The number of sulfone groups is 1. The van der Waals surface area contributed by atoms with Gasteiger partial charge in [0.05, 0.1) is 16.3 Å². The largest absolute Gasteiger partial charge is 0.451 e. The fourth-order valence-corrected chi connectivity index (χ4v) is 3.32. The molecule has 144 valence electrons. The second-order valence-electron chi connectivity index (χ2n) is 5.93. The number of rotatable bonds is 6. The number of amides is 1. The number of H-pyrrole nitrogens is 1. The van der Waals surface area contributed by atoms with E-state index in [0.29, 0.717) is 5.69 Å². The highest BCUT2D eigenvalue weighted by Gasteiger charge is 2.17. The van der Waals surface area contributed by atoms with Gasteiger partial charge >= 0.3 is 5.97 Å². The van der Waals surface area contributed by atoms with Gasteiger partial charge in [-0.05, 0) is 18.2 Å². The fourth-order valence-electron chi connectivity index (χ4n) is 2.47. The molecule has 2 N–H and O–H groups in total. The third-order valence-electron chi connectivity index (χ3n) is 3.76. The summed E-state index contributed by atoms with van der Waals surface area (Å²) in [7, 11) is -3.51. The summed E-state index contributed by atoms with van der Waals surface area (Å²) in [5.41, 5.74) is 1.62. The Morgan fingerprint density at radius 3 is 2.46 bits per heavy atom. The highest BCUT2D eigenvalue weighted by Crippen LogP contribution is 2.20. The van der Waals surface area contributed by atoms with Crippen LogP contribution in [0, 0.1) is 0 Å². The number of hydrogen-bond acceptors (Lipinski definition) is 6. The van der Waals surface area contributed by atoms with Crippen LogP contribution in [-0.2, 0) is 19.4 Å². The van der Waals surface area contributed by atoms with Crippen LogP contribution >= 0.6 is 0 Å². The first-order valence-electron chi connectivity index (χ1n) is 8.21. The van der Waals surface area contributed by atoms with Crippen molar-refractivity contribution in [3.63, 3.8) is 0 Å². The summed E-state index contributed by atoms with van der Waals surface area (Å²) in [5, 5.41) is 9.05. The first-order chi connectivity index (χ1) is 13.3. The molecule has 1 amide bonds. The fraction of sp³-hybridized carbons (Fsp3) is 0.105. The highest BCUT2D eigenvalue weighted by molar-refractivity contribution is 7.90. The average Bonchev–Trinajstić information content (AvgIpc) is 3.17. The van der Waals surface area contributed by atoms with Crippen LogP contribution in [0.1, 0.15) is 10.5 Å². The average molecular weight is 399 g/mol. The van der Waals surface area contributed by atoms with Crippen molar-refractivity contribution >= 4 is 27.4 Å². The minimum Gasteiger partial charge on any atom is -0.451 e. The van der Waals surface area contributed by atoms with Crippen molar-refractivity contribution in [1.82, 2.24) is 10.2 Å². The van der Waals surface area contributed by atoms with E-state index in [0.717, 1.165) is 11.8 Å². The van der Waals surface area contributed by atoms with Gasteiger partial charge in [0.2, 0.25) is 0 Å². The predicted octanol–water partition coefficient (Wildman–Crippen LogP) is 2.28. The van der Waals surface area contributed by atoms with E-state index in [2.05, 4.69) is 15.5 Å². The lowest BCUT2D eigenvalue weighted by Crippen LogP contribution is -2.22. The standard InChI is InChI=1S/C19H17N3O5S/c1-28(25,26)17-10-6-5-9-14(17)20-18(23)12-27-19(24)16-11-15(21-22-16)13-7-3-2-4-8-13/h2-11H,12H2,1H3,(H,20,23)(H,21,22). The Kier molecular flexibility index (Phi) is 5.55. The van der Waals surface area contributed by atoms with Crippen LogP contribution in [0.2, 0.25) is 0 Å². The highest BCUT2D eigenvalue weighted by atomic mass is 32.2. The molecule has 0 aliphatic rings. The van der Waals surface area contributed by atoms with Crippen molar-refractivity contribution in [2.75, 3.05) is 18.2 Å². The van der Waals surface area contributed by atoms with Crippen molar-refractivity contribution in [2.45, 2.75) is 4.90 Å². The second kappa shape index (κ2) is 8.05. The summed E-state index contributed by atoms with van der Waals surface area (Å²) >= 11 is 0. The molecule has 3 rings (SSSR count). The molecule has 0 atom stereocenters. The molecule has 0 fully saturated rings. The van der Waals surface area contributed by atoms with E-state index < -0.39 is 28.3 Å². The smallest absolute Gasteiger partial charge is 0.356 e. The lowest BCUT2D eigenvalue weighted by atomic mass is 10.1. The minimum atomic E-state index is -3.51. The van der Waals surface area contributed by atoms with Crippen LogP contribution in [0.5, 0.6) is 0 Å². The summed E-state index contributed by atoms with van der Waals surface area (Å²) in [6.45, 7) is -0.573. The maximum Gasteiger partial charge on any atom is 0.356 e. The molecular formula is C19H17N3O5S. The lowest BCUT2D eigenvalue weighted by molar-refractivity contribution is -0.119. The number of carbonyl (C=O) groups is 2. The molecule has 0 unspecified atom stereocenters. The van der Waals surface area contributed by atoms with Gasteiger partial charge in [0.25, 0.3) is 5.91 Å². The molecule has 0 bridgehead atoms. The van der Waals surface area contributed by atoms with Crippen molar-refractivity contribution in [1.29, 1.82) is 0 Å². The van der Waals surface area contributed by atoms with Gasteiger partial charge in [0.1, 0.15) is 5.69 Å². The minimum absolute atomic E-state index is 0.0178. The molecule has 3 aromatic rings. The number of benzene rings is 2. The zero-order valence-electron chi connectivity index (χ0n) is 14.9. The van der Waals surface area contributed by atoms with E-state index in [9.17, 15) is 18.0 Å². The van der Waals surface area contributed by atoms with Gasteiger partial charge in [-0.25, -0.2) is 13.2 Å². The van der Waals surface area contributed by atoms with E-state index in [1.165, 1.54) is 18.2 Å². The van der Waals surface area contributed by atoms with Crippen LogP contribution in [0.4, 0.5) is 5.69 Å². The van der Waals surface area contributed by atoms with Crippen molar-refractivity contribution in [3.8, 4) is 11.3 Å². The van der Waals surface area contributed by atoms with E-state index >= 15 is 0 Å². The van der Waals surface area contributed by atoms with E-state index in [1.807, 2.05) is 30.3 Å². The number of hydrogen-bond donors (Lipinski definition) is 2. The second-order valence-corrected chi connectivity index (χ2v) is 7.91. The number of para-hydroxylation sites is 1. The number of ether oxygens (including phenoxy) is 1. The number of esters is 1. The molecule has 0 saturated heterocycles. The Labute approximate surface area is 161 Å². The Balaban J connectivity index is 1.61. The summed E-state index contributed by atoms with van der Waals surface area (Å²) in [6, 6.07) is 16.8. The monoisotopic (exact) mass is 399 g/mol. The number of anilines is 1. The summed E-state index contributed by atoms with van der Waals surface area (Å²) < 4.78 is 28.5. The van der Waals surface area contributed by atoms with Gasteiger partial charge in [-0.2, -0.15) is 5.10 Å². The third-order valence-corrected chi connectivity index (χ3v) is 4.92. The maximum atomic E-state index is 12.1. The molecule has 28 heavy (non-hydrogen) atoms. The number of nitrogens with one attached hydrogen (secondary N) is 2.